The number of amides is 1. The highest BCUT2D eigenvalue weighted by Gasteiger charge is 2.34. The SMILES string of the molecule is Cc1cc(C(=O)COC(=O)[C@@H]2CCCCN2C(=O)c2ccccc2)c(C)n1C1CC1. The summed E-state index contributed by atoms with van der Waals surface area (Å²) >= 11 is 0. The van der Waals surface area contributed by atoms with Crippen LogP contribution in [0, 0.1) is 13.8 Å². The number of benzene rings is 1. The Kier molecular flexibility index (Phi) is 5.75. The summed E-state index contributed by atoms with van der Waals surface area (Å²) in [4.78, 5) is 40.0. The van der Waals surface area contributed by atoms with Crippen LogP contribution in [0.3, 0.4) is 0 Å². The molecule has 1 aliphatic heterocycles. The zero-order chi connectivity index (χ0) is 21.3. The standard InChI is InChI=1S/C24H28N2O4/c1-16-14-20(17(2)26(16)19-11-12-19)22(27)15-30-24(29)21-10-6-7-13-25(21)23(28)18-8-4-3-5-9-18/h3-5,8-9,14,19,21H,6-7,10-13,15H2,1-2H3/t21-/m0/s1. The number of ketones is 1. The normalized spacial score (nSPS) is 18.9. The van der Waals surface area contributed by atoms with E-state index in [-0.39, 0.29) is 18.3 Å². The Labute approximate surface area is 176 Å². The minimum Gasteiger partial charge on any atom is -0.456 e. The van der Waals surface area contributed by atoms with Crippen LogP contribution in [-0.2, 0) is 9.53 Å². The number of ether oxygens (including phenoxy) is 1. The molecule has 2 aliphatic rings. The van der Waals surface area contributed by atoms with E-state index in [0.29, 0.717) is 30.1 Å². The highest BCUT2D eigenvalue weighted by molar-refractivity contribution is 6.00. The average Bonchev–Trinajstić information content (AvgIpc) is 3.56. The first-order valence-electron chi connectivity index (χ1n) is 10.7. The van der Waals surface area contributed by atoms with E-state index in [4.69, 9.17) is 4.74 Å². The van der Waals surface area contributed by atoms with Crippen LogP contribution < -0.4 is 0 Å². The third kappa shape index (κ3) is 4.04. The maximum atomic E-state index is 12.9. The van der Waals surface area contributed by atoms with Crippen molar-refractivity contribution < 1.29 is 19.1 Å². The third-order valence-corrected chi connectivity index (χ3v) is 6.10. The van der Waals surface area contributed by atoms with E-state index in [1.54, 1.807) is 29.2 Å². The molecule has 1 saturated heterocycles. The van der Waals surface area contributed by atoms with Gasteiger partial charge in [0.15, 0.2) is 6.61 Å². The highest BCUT2D eigenvalue weighted by atomic mass is 16.5. The number of rotatable bonds is 6. The fraction of sp³-hybridized carbons (Fsp3) is 0.458. The van der Waals surface area contributed by atoms with Gasteiger partial charge in [-0.2, -0.15) is 0 Å². The van der Waals surface area contributed by atoms with Gasteiger partial charge in [0, 0.05) is 35.1 Å². The number of nitrogens with zero attached hydrogens (tertiary/aromatic N) is 2. The molecule has 1 saturated carbocycles. The number of carbonyl (C=O) groups excluding carboxylic acids is 3. The predicted octanol–water partition coefficient (Wildman–Crippen LogP) is 3.86. The van der Waals surface area contributed by atoms with Crippen molar-refractivity contribution in [2.45, 2.75) is 58.0 Å². The molecule has 2 fully saturated rings. The lowest BCUT2D eigenvalue weighted by atomic mass is 10.0. The van der Waals surface area contributed by atoms with Crippen molar-refractivity contribution in [3.8, 4) is 0 Å². The van der Waals surface area contributed by atoms with Gasteiger partial charge in [-0.25, -0.2) is 4.79 Å². The van der Waals surface area contributed by atoms with Gasteiger partial charge in [0.05, 0.1) is 0 Å². The van der Waals surface area contributed by atoms with Gasteiger partial charge in [-0.1, -0.05) is 18.2 Å². The van der Waals surface area contributed by atoms with Gasteiger partial charge in [0.25, 0.3) is 5.91 Å². The second kappa shape index (κ2) is 8.46. The van der Waals surface area contributed by atoms with Crippen molar-refractivity contribution >= 4 is 17.7 Å². The van der Waals surface area contributed by atoms with Crippen molar-refractivity contribution in [3.63, 3.8) is 0 Å². The second-order valence-corrected chi connectivity index (χ2v) is 8.29. The zero-order valence-electron chi connectivity index (χ0n) is 17.6. The molecule has 6 nitrogen and oxygen atoms in total. The molecule has 30 heavy (non-hydrogen) atoms. The summed E-state index contributed by atoms with van der Waals surface area (Å²) in [6.45, 7) is 4.17. The average molecular weight is 408 g/mol. The van der Waals surface area contributed by atoms with Crippen LogP contribution in [0.2, 0.25) is 0 Å². The molecular formula is C24H28N2O4. The maximum absolute atomic E-state index is 12.9. The van der Waals surface area contributed by atoms with E-state index < -0.39 is 12.0 Å². The molecule has 1 amide bonds. The van der Waals surface area contributed by atoms with Gasteiger partial charge in [0.1, 0.15) is 6.04 Å². The van der Waals surface area contributed by atoms with Crippen molar-refractivity contribution in [2.24, 2.45) is 0 Å². The number of hydrogen-bond acceptors (Lipinski definition) is 4. The first kappa shape index (κ1) is 20.4. The number of carbonyl (C=O) groups is 3. The molecule has 0 bridgehead atoms. The Hall–Kier alpha value is -2.89. The molecule has 1 aromatic heterocycles. The number of esters is 1. The minimum absolute atomic E-state index is 0.170. The second-order valence-electron chi connectivity index (χ2n) is 8.29. The molecule has 1 atom stereocenters. The molecule has 1 aromatic carbocycles. The fourth-order valence-electron chi connectivity index (χ4n) is 4.43. The number of likely N-dealkylation sites (tertiary alicyclic amines) is 1. The van der Waals surface area contributed by atoms with Crippen LogP contribution in [0.1, 0.15) is 70.2 Å². The first-order chi connectivity index (χ1) is 14.5. The summed E-state index contributed by atoms with van der Waals surface area (Å²) in [7, 11) is 0. The Balaban J connectivity index is 1.42. The van der Waals surface area contributed by atoms with Gasteiger partial charge >= 0.3 is 5.97 Å². The van der Waals surface area contributed by atoms with Crippen LogP contribution >= 0.6 is 0 Å². The molecule has 0 N–H and O–H groups in total. The number of Topliss-reactive ketones (excluding diaryl/α,β-unsaturated/α-hetero) is 1. The van der Waals surface area contributed by atoms with Gasteiger partial charge in [-0.3, -0.25) is 9.59 Å². The number of aryl methyl sites for hydroxylation is 1. The van der Waals surface area contributed by atoms with E-state index in [1.807, 2.05) is 26.0 Å². The molecular weight excluding hydrogens is 380 g/mol. The Morgan fingerprint density at radius 3 is 2.47 bits per heavy atom. The van der Waals surface area contributed by atoms with E-state index in [1.165, 1.54) is 0 Å². The van der Waals surface area contributed by atoms with Crippen molar-refractivity contribution in [1.82, 2.24) is 9.47 Å². The summed E-state index contributed by atoms with van der Waals surface area (Å²) in [6.07, 6.45) is 4.56. The van der Waals surface area contributed by atoms with E-state index in [9.17, 15) is 14.4 Å². The molecule has 0 unspecified atom stereocenters. The number of aromatic nitrogens is 1. The third-order valence-electron chi connectivity index (χ3n) is 6.10. The largest absolute Gasteiger partial charge is 0.456 e. The highest BCUT2D eigenvalue weighted by Crippen LogP contribution is 2.38. The summed E-state index contributed by atoms with van der Waals surface area (Å²) in [5.41, 5.74) is 3.18. The van der Waals surface area contributed by atoms with Crippen LogP contribution in [0.25, 0.3) is 0 Å². The van der Waals surface area contributed by atoms with E-state index in [2.05, 4.69) is 4.57 Å². The topological polar surface area (TPSA) is 68.6 Å². The quantitative estimate of drug-likeness (QED) is 0.538. The van der Waals surface area contributed by atoms with Gasteiger partial charge in [0.2, 0.25) is 5.78 Å². The Bertz CT molecular complexity index is 959. The molecule has 4 rings (SSSR count). The number of piperidine rings is 1. The summed E-state index contributed by atoms with van der Waals surface area (Å²) in [5, 5.41) is 0. The molecule has 158 valence electrons. The molecule has 2 aromatic rings. The molecule has 0 radical (unpaired) electrons. The van der Waals surface area contributed by atoms with Gasteiger partial charge < -0.3 is 14.2 Å². The maximum Gasteiger partial charge on any atom is 0.329 e. The van der Waals surface area contributed by atoms with Crippen molar-refractivity contribution in [1.29, 1.82) is 0 Å². The van der Waals surface area contributed by atoms with Crippen molar-refractivity contribution in [2.75, 3.05) is 13.2 Å². The zero-order valence-corrected chi connectivity index (χ0v) is 17.6. The molecule has 6 heteroatoms. The van der Waals surface area contributed by atoms with E-state index >= 15 is 0 Å². The lowest BCUT2D eigenvalue weighted by molar-refractivity contribution is -0.149. The monoisotopic (exact) mass is 408 g/mol. The summed E-state index contributed by atoms with van der Waals surface area (Å²) in [6, 6.07) is 10.7. The van der Waals surface area contributed by atoms with Crippen molar-refractivity contribution in [3.05, 3.63) is 58.9 Å². The Morgan fingerprint density at radius 1 is 1.03 bits per heavy atom. The summed E-state index contributed by atoms with van der Waals surface area (Å²) < 4.78 is 7.61. The van der Waals surface area contributed by atoms with E-state index in [0.717, 1.165) is 37.1 Å². The van der Waals surface area contributed by atoms with Gasteiger partial charge in [-0.05, 0) is 64.2 Å². The van der Waals surface area contributed by atoms with Crippen LogP contribution in [-0.4, -0.2) is 46.3 Å². The lowest BCUT2D eigenvalue weighted by Gasteiger charge is -2.34. The fourth-order valence-corrected chi connectivity index (χ4v) is 4.43. The smallest absolute Gasteiger partial charge is 0.329 e. The minimum atomic E-state index is -0.641. The lowest BCUT2D eigenvalue weighted by Crippen LogP contribution is -2.48. The van der Waals surface area contributed by atoms with Gasteiger partial charge in [-0.15, -0.1) is 0 Å². The first-order valence-corrected chi connectivity index (χ1v) is 10.7. The van der Waals surface area contributed by atoms with Crippen LogP contribution in [0.4, 0.5) is 0 Å². The van der Waals surface area contributed by atoms with Crippen LogP contribution in [0.5, 0.6) is 0 Å². The molecule has 0 spiro atoms. The Morgan fingerprint density at radius 2 is 1.77 bits per heavy atom. The summed E-state index contributed by atoms with van der Waals surface area (Å²) in [5.74, 6) is -0.861. The molecule has 1 aliphatic carbocycles. The number of hydrogen-bond donors (Lipinski definition) is 0. The van der Waals surface area contributed by atoms with Crippen LogP contribution in [0.15, 0.2) is 36.4 Å². The predicted molar refractivity (Wildman–Crippen MR) is 113 cm³/mol. The molecule has 2 heterocycles.